The molecule has 0 amide bonds. The predicted octanol–water partition coefficient (Wildman–Crippen LogP) is 4.52. The van der Waals surface area contributed by atoms with Crippen LogP contribution in [0.15, 0.2) is 30.3 Å². The van der Waals surface area contributed by atoms with Crippen LogP contribution in [-0.4, -0.2) is 12.1 Å². The number of rotatable bonds is 4. The van der Waals surface area contributed by atoms with E-state index in [-0.39, 0.29) is 30.4 Å². The minimum Gasteiger partial charge on any atom is -0.485 e. The van der Waals surface area contributed by atoms with Gasteiger partial charge in [-0.1, -0.05) is 30.3 Å². The van der Waals surface area contributed by atoms with Crippen molar-refractivity contribution in [1.29, 1.82) is 0 Å². The molecule has 0 aliphatic carbocycles. The summed E-state index contributed by atoms with van der Waals surface area (Å²) < 4.78 is 6.36. The van der Waals surface area contributed by atoms with E-state index in [1.807, 2.05) is 6.07 Å². The number of fused-ring (bicyclic) bond motifs is 1. The molecule has 0 spiro atoms. The zero-order valence-corrected chi connectivity index (χ0v) is 16.9. The third-order valence-corrected chi connectivity index (χ3v) is 5.01. The maximum atomic E-state index is 6.36. The normalized spacial score (nSPS) is 17.9. The van der Waals surface area contributed by atoms with Gasteiger partial charge in [-0.15, -0.1) is 24.8 Å². The largest absolute Gasteiger partial charge is 0.485 e. The topological polar surface area (TPSA) is 47.3 Å². The summed E-state index contributed by atoms with van der Waals surface area (Å²) >= 11 is 0. The smallest absolute Gasteiger partial charge is 0.127 e. The molecular formula is C20H28Cl2N2O. The van der Waals surface area contributed by atoms with Gasteiger partial charge in [0.2, 0.25) is 0 Å². The molecule has 3 rings (SSSR count). The van der Waals surface area contributed by atoms with Crippen molar-refractivity contribution in [3.63, 3.8) is 0 Å². The Bertz CT molecular complexity index is 695. The monoisotopic (exact) mass is 382 g/mol. The lowest BCUT2D eigenvalue weighted by molar-refractivity contribution is 0.113. The van der Waals surface area contributed by atoms with E-state index >= 15 is 0 Å². The van der Waals surface area contributed by atoms with Crippen LogP contribution in [0.25, 0.3) is 0 Å². The van der Waals surface area contributed by atoms with Crippen LogP contribution in [-0.2, 0) is 13.0 Å². The van der Waals surface area contributed by atoms with Crippen LogP contribution in [0.1, 0.15) is 34.7 Å². The first-order valence-corrected chi connectivity index (χ1v) is 8.23. The Balaban J connectivity index is 0.00000156. The summed E-state index contributed by atoms with van der Waals surface area (Å²) in [7, 11) is 0. The predicted molar refractivity (Wildman–Crippen MR) is 110 cm³/mol. The molecular weight excluding hydrogens is 355 g/mol. The molecule has 3 nitrogen and oxygen atoms in total. The molecule has 3 N–H and O–H groups in total. The number of anilines is 1. The van der Waals surface area contributed by atoms with Gasteiger partial charge >= 0.3 is 0 Å². The van der Waals surface area contributed by atoms with Crippen LogP contribution in [0.3, 0.4) is 0 Å². The zero-order chi connectivity index (χ0) is 16.6. The maximum absolute atomic E-state index is 6.36. The van der Waals surface area contributed by atoms with Crippen molar-refractivity contribution >= 4 is 30.5 Å². The first kappa shape index (κ1) is 21.6. The van der Waals surface area contributed by atoms with Crippen LogP contribution in [0, 0.1) is 20.8 Å². The molecule has 5 heteroatoms. The molecule has 1 heterocycles. The molecule has 1 unspecified atom stereocenters. The van der Waals surface area contributed by atoms with Gasteiger partial charge < -0.3 is 15.8 Å². The Morgan fingerprint density at radius 1 is 1.04 bits per heavy atom. The molecule has 0 saturated heterocycles. The number of nitrogens with two attached hydrogens (primary N) is 1. The van der Waals surface area contributed by atoms with Gasteiger partial charge in [0.25, 0.3) is 0 Å². The molecule has 2 aromatic rings. The molecule has 2 aromatic carbocycles. The molecule has 0 radical (unpaired) electrons. The highest BCUT2D eigenvalue weighted by Crippen LogP contribution is 2.43. The van der Waals surface area contributed by atoms with Gasteiger partial charge in [-0.25, -0.2) is 0 Å². The van der Waals surface area contributed by atoms with E-state index in [0.717, 1.165) is 36.5 Å². The molecule has 25 heavy (non-hydrogen) atoms. The highest BCUT2D eigenvalue weighted by Gasteiger charge is 2.37. The zero-order valence-electron chi connectivity index (χ0n) is 15.3. The van der Waals surface area contributed by atoms with Crippen molar-refractivity contribution in [3.05, 3.63) is 58.1 Å². The first-order valence-electron chi connectivity index (χ1n) is 8.23. The van der Waals surface area contributed by atoms with E-state index in [1.54, 1.807) is 0 Å². The van der Waals surface area contributed by atoms with Crippen molar-refractivity contribution in [2.45, 2.75) is 46.3 Å². The van der Waals surface area contributed by atoms with Gasteiger partial charge in [0.1, 0.15) is 11.4 Å². The number of hydrogen-bond donors (Lipinski definition) is 2. The van der Waals surface area contributed by atoms with Gasteiger partial charge in [-0.05, 0) is 49.9 Å². The average Bonchev–Trinajstić information content (AvgIpc) is 2.90. The van der Waals surface area contributed by atoms with Crippen molar-refractivity contribution in [2.75, 3.05) is 12.3 Å². The molecule has 1 aliphatic rings. The Hall–Kier alpha value is -1.42. The Morgan fingerprint density at radius 2 is 1.68 bits per heavy atom. The number of ether oxygens (including phenoxy) is 1. The third kappa shape index (κ3) is 4.22. The van der Waals surface area contributed by atoms with Crippen LogP contribution in [0.5, 0.6) is 5.75 Å². The fraction of sp³-hybridized carbons (Fsp3) is 0.400. The molecule has 0 saturated carbocycles. The minimum absolute atomic E-state index is 0. The van der Waals surface area contributed by atoms with Gasteiger partial charge in [0.05, 0.1) is 0 Å². The van der Waals surface area contributed by atoms with Gasteiger partial charge in [0, 0.05) is 30.8 Å². The first-order chi connectivity index (χ1) is 10.9. The molecule has 0 aromatic heterocycles. The fourth-order valence-electron chi connectivity index (χ4n) is 3.39. The van der Waals surface area contributed by atoms with E-state index in [9.17, 15) is 0 Å². The highest BCUT2D eigenvalue weighted by atomic mass is 35.5. The highest BCUT2D eigenvalue weighted by molar-refractivity contribution is 5.85. The second kappa shape index (κ2) is 8.31. The number of nitrogen functional groups attached to an aromatic ring is 1. The van der Waals surface area contributed by atoms with Crippen molar-refractivity contribution in [2.24, 2.45) is 0 Å². The van der Waals surface area contributed by atoms with Crippen molar-refractivity contribution in [1.82, 2.24) is 5.32 Å². The lowest BCUT2D eigenvalue weighted by atomic mass is 9.92. The van der Waals surface area contributed by atoms with E-state index in [1.165, 1.54) is 22.3 Å². The number of halogens is 2. The van der Waals surface area contributed by atoms with Crippen molar-refractivity contribution < 1.29 is 4.74 Å². The van der Waals surface area contributed by atoms with E-state index in [4.69, 9.17) is 10.5 Å². The van der Waals surface area contributed by atoms with Gasteiger partial charge in [0.15, 0.2) is 0 Å². The molecule has 1 atom stereocenters. The molecule has 1 aliphatic heterocycles. The van der Waals surface area contributed by atoms with Crippen LogP contribution in [0.4, 0.5) is 5.69 Å². The summed E-state index contributed by atoms with van der Waals surface area (Å²) in [4.78, 5) is 0. The number of hydrogen-bond acceptors (Lipinski definition) is 3. The SMILES string of the molecule is Cc1c(C)c2c(c(C)c1N)CC(C)(CNCc1ccccc1)O2.Cl.Cl. The minimum atomic E-state index is -0.215. The molecule has 138 valence electrons. The van der Waals surface area contributed by atoms with E-state index in [2.05, 4.69) is 57.3 Å². The summed E-state index contributed by atoms with van der Waals surface area (Å²) in [6, 6.07) is 10.5. The summed E-state index contributed by atoms with van der Waals surface area (Å²) in [6.07, 6.45) is 0.904. The summed E-state index contributed by atoms with van der Waals surface area (Å²) in [5.74, 6) is 1.04. The summed E-state index contributed by atoms with van der Waals surface area (Å²) in [6.45, 7) is 10.1. The lowest BCUT2D eigenvalue weighted by Gasteiger charge is -2.25. The lowest BCUT2D eigenvalue weighted by Crippen LogP contribution is -2.41. The summed E-state index contributed by atoms with van der Waals surface area (Å²) in [5, 5.41) is 3.53. The second-order valence-electron chi connectivity index (χ2n) is 6.91. The molecule has 0 fully saturated rings. The Labute approximate surface area is 163 Å². The van der Waals surface area contributed by atoms with Crippen LogP contribution < -0.4 is 15.8 Å². The van der Waals surface area contributed by atoms with Crippen LogP contribution in [0.2, 0.25) is 0 Å². The van der Waals surface area contributed by atoms with Gasteiger partial charge in [-0.3, -0.25) is 0 Å². The Morgan fingerprint density at radius 3 is 2.32 bits per heavy atom. The van der Waals surface area contributed by atoms with Crippen LogP contribution >= 0.6 is 24.8 Å². The average molecular weight is 383 g/mol. The van der Waals surface area contributed by atoms with Gasteiger partial charge in [-0.2, -0.15) is 0 Å². The summed E-state index contributed by atoms with van der Waals surface area (Å²) in [5.41, 5.74) is 13.0. The third-order valence-electron chi connectivity index (χ3n) is 5.01. The van der Waals surface area contributed by atoms with E-state index < -0.39 is 0 Å². The second-order valence-corrected chi connectivity index (χ2v) is 6.91. The standard InChI is InChI=1S/C20H26N2O.2ClH/c1-13-14(2)19-17(15(3)18(13)21)10-20(4,23-19)12-22-11-16-8-6-5-7-9-16;;/h5-9,22H,10-12,21H2,1-4H3;2*1H. The quantitative estimate of drug-likeness (QED) is 0.763. The Kier molecular flexibility index (Phi) is 7.18. The van der Waals surface area contributed by atoms with Crippen molar-refractivity contribution in [3.8, 4) is 5.75 Å². The number of benzene rings is 2. The number of nitrogens with one attached hydrogen (secondary N) is 1. The maximum Gasteiger partial charge on any atom is 0.127 e. The molecule has 0 bridgehead atoms. The fourth-order valence-corrected chi connectivity index (χ4v) is 3.39. The van der Waals surface area contributed by atoms with E-state index in [0.29, 0.717) is 0 Å².